The first-order chi connectivity index (χ1) is 11.8. The van der Waals surface area contributed by atoms with E-state index >= 15 is 0 Å². The van der Waals surface area contributed by atoms with Crippen LogP contribution in [-0.2, 0) is 27.2 Å². The molecule has 0 amide bonds. The molecule has 1 aromatic carbocycles. The third-order valence-electron chi connectivity index (χ3n) is 2.81. The average molecular weight is 415 g/mol. The van der Waals surface area contributed by atoms with Gasteiger partial charge in [-0.15, -0.1) is 0 Å². The molecule has 1 rings (SSSR count). The largest absolute Gasteiger partial charge is 0.465 e. The predicted molar refractivity (Wildman–Crippen MR) is 97.6 cm³/mol. The van der Waals surface area contributed by atoms with Gasteiger partial charge in [0.2, 0.25) is 0 Å². The van der Waals surface area contributed by atoms with Gasteiger partial charge in [-0.25, -0.2) is 0 Å². The third-order valence-corrected chi connectivity index (χ3v) is 8.51. The van der Waals surface area contributed by atoms with Gasteiger partial charge in [-0.3, -0.25) is 9.13 Å². The molecule has 0 heterocycles. The highest BCUT2D eigenvalue weighted by molar-refractivity contribution is 7.72. The Morgan fingerprint density at radius 3 is 1.68 bits per heavy atom. The second-order valence-corrected chi connectivity index (χ2v) is 9.63. The van der Waals surface area contributed by atoms with Crippen LogP contribution in [0.2, 0.25) is 5.02 Å². The van der Waals surface area contributed by atoms with Gasteiger partial charge in [0, 0.05) is 5.02 Å². The molecule has 0 saturated carbocycles. The maximum Gasteiger partial charge on any atom is 0.383 e. The fraction of sp³-hybridized carbons (Fsp3) is 0.600. The minimum absolute atomic E-state index is 0.0743. The molecule has 0 atom stereocenters. The number of rotatable bonds is 12. The van der Waals surface area contributed by atoms with Crippen molar-refractivity contribution in [2.24, 2.45) is 0 Å². The second-order valence-electron chi connectivity index (χ2n) is 4.65. The van der Waals surface area contributed by atoms with Gasteiger partial charge in [0.25, 0.3) is 5.59 Å². The summed E-state index contributed by atoms with van der Waals surface area (Å²) in [5.74, 6) is 0.247. The summed E-state index contributed by atoms with van der Waals surface area (Å²) in [5.41, 5.74) is -1.57. The standard InChI is InChI=1S/C15H25ClO7P2/c1-5-19-24(17,20-6-2)15(25(18,21-7-3)22-8-4)23-14-11-9-10-13(16)12-14/h9-12,15H,5-8H2,1-4H3. The molecular formula is C15H25ClO7P2. The Labute approximate surface area is 154 Å². The van der Waals surface area contributed by atoms with Gasteiger partial charge in [-0.05, 0) is 45.9 Å². The van der Waals surface area contributed by atoms with Crippen LogP contribution < -0.4 is 4.74 Å². The van der Waals surface area contributed by atoms with Crippen LogP contribution in [0.4, 0.5) is 0 Å². The molecular weight excluding hydrogens is 390 g/mol. The van der Waals surface area contributed by atoms with Crippen LogP contribution in [0.15, 0.2) is 24.3 Å². The van der Waals surface area contributed by atoms with Crippen LogP contribution in [0.1, 0.15) is 27.7 Å². The maximum absolute atomic E-state index is 13.3. The van der Waals surface area contributed by atoms with Gasteiger partial charge in [-0.1, -0.05) is 17.7 Å². The average Bonchev–Trinajstić information content (AvgIpc) is 2.53. The van der Waals surface area contributed by atoms with Crippen molar-refractivity contribution in [1.29, 1.82) is 0 Å². The maximum atomic E-state index is 13.3. The highest BCUT2D eigenvalue weighted by atomic mass is 35.5. The predicted octanol–water partition coefficient (Wildman–Crippen LogP) is 5.53. The summed E-state index contributed by atoms with van der Waals surface area (Å²) in [6.07, 6.45) is 0. The van der Waals surface area contributed by atoms with E-state index in [9.17, 15) is 9.13 Å². The summed E-state index contributed by atoms with van der Waals surface area (Å²) >= 11 is 5.96. The normalized spacial score (nSPS) is 12.6. The van der Waals surface area contributed by atoms with E-state index in [0.717, 1.165) is 0 Å². The molecule has 0 N–H and O–H groups in total. The van der Waals surface area contributed by atoms with Crippen molar-refractivity contribution in [2.75, 3.05) is 26.4 Å². The third kappa shape index (κ3) is 6.37. The summed E-state index contributed by atoms with van der Waals surface area (Å²) in [4.78, 5) is 0. The van der Waals surface area contributed by atoms with E-state index in [1.165, 1.54) is 6.07 Å². The van der Waals surface area contributed by atoms with Gasteiger partial charge in [0.15, 0.2) is 0 Å². The molecule has 0 unspecified atom stereocenters. The number of ether oxygens (including phenoxy) is 1. The molecule has 25 heavy (non-hydrogen) atoms. The van der Waals surface area contributed by atoms with Gasteiger partial charge < -0.3 is 22.8 Å². The highest BCUT2D eigenvalue weighted by Gasteiger charge is 2.53. The van der Waals surface area contributed by atoms with Crippen molar-refractivity contribution < 1.29 is 32.0 Å². The Balaban J connectivity index is 3.37. The highest BCUT2D eigenvalue weighted by Crippen LogP contribution is 2.70. The Kier molecular flexibility index (Phi) is 9.68. The summed E-state index contributed by atoms with van der Waals surface area (Å²) in [6, 6.07) is 6.38. The molecule has 10 heteroatoms. The monoisotopic (exact) mass is 414 g/mol. The summed E-state index contributed by atoms with van der Waals surface area (Å²) in [6.45, 7) is 6.89. The van der Waals surface area contributed by atoms with Crippen LogP contribution in [0.25, 0.3) is 0 Å². The SMILES string of the molecule is CCOP(=O)(OCC)C(Oc1cccc(Cl)c1)P(=O)(OCC)OCC. The minimum Gasteiger partial charge on any atom is -0.465 e. The van der Waals surface area contributed by atoms with Crippen LogP contribution in [0.5, 0.6) is 5.75 Å². The van der Waals surface area contributed by atoms with Crippen molar-refractivity contribution >= 4 is 26.8 Å². The lowest BCUT2D eigenvalue weighted by Crippen LogP contribution is -2.23. The first kappa shape index (κ1) is 22.7. The molecule has 0 aromatic heterocycles. The van der Waals surface area contributed by atoms with Gasteiger partial charge in [0.1, 0.15) is 5.75 Å². The molecule has 7 nitrogen and oxygen atoms in total. The fourth-order valence-corrected chi connectivity index (χ4v) is 6.98. The van der Waals surface area contributed by atoms with Gasteiger partial charge in [-0.2, -0.15) is 0 Å². The molecule has 0 fully saturated rings. The number of hydrogen-bond acceptors (Lipinski definition) is 7. The molecule has 0 aliphatic carbocycles. The van der Waals surface area contributed by atoms with Gasteiger partial charge >= 0.3 is 15.2 Å². The van der Waals surface area contributed by atoms with Crippen molar-refractivity contribution in [2.45, 2.75) is 33.3 Å². The number of benzene rings is 1. The second kappa shape index (κ2) is 10.7. The lowest BCUT2D eigenvalue weighted by Gasteiger charge is -2.31. The van der Waals surface area contributed by atoms with E-state index in [-0.39, 0.29) is 32.2 Å². The number of halogens is 1. The Morgan fingerprint density at radius 1 is 0.880 bits per heavy atom. The van der Waals surface area contributed by atoms with E-state index < -0.39 is 20.8 Å². The molecule has 0 spiro atoms. The summed E-state index contributed by atoms with van der Waals surface area (Å²) in [5, 5.41) is 0.404. The summed E-state index contributed by atoms with van der Waals surface area (Å²) < 4.78 is 53.5. The lowest BCUT2D eigenvalue weighted by atomic mass is 10.3. The Morgan fingerprint density at radius 2 is 1.32 bits per heavy atom. The van der Waals surface area contributed by atoms with E-state index in [0.29, 0.717) is 5.02 Å². The topological polar surface area (TPSA) is 80.3 Å². The molecule has 1 aromatic rings. The molecule has 0 radical (unpaired) electrons. The molecule has 144 valence electrons. The van der Waals surface area contributed by atoms with Crippen molar-refractivity contribution in [3.63, 3.8) is 0 Å². The Bertz CT molecular complexity index is 576. The van der Waals surface area contributed by atoms with Crippen LogP contribution >= 0.6 is 26.8 Å². The van der Waals surface area contributed by atoms with Crippen molar-refractivity contribution in [1.82, 2.24) is 0 Å². The van der Waals surface area contributed by atoms with Gasteiger partial charge in [0.05, 0.1) is 26.4 Å². The zero-order chi connectivity index (χ0) is 18.9. The zero-order valence-corrected chi connectivity index (χ0v) is 17.4. The molecule has 0 aliphatic rings. The quantitative estimate of drug-likeness (QED) is 0.416. The minimum atomic E-state index is -3.97. The first-order valence-corrected chi connectivity index (χ1v) is 11.6. The first-order valence-electron chi connectivity index (χ1n) is 8.05. The smallest absolute Gasteiger partial charge is 0.383 e. The van der Waals surface area contributed by atoms with Crippen molar-refractivity contribution in [3.8, 4) is 5.75 Å². The molecule has 0 aliphatic heterocycles. The van der Waals surface area contributed by atoms with Crippen molar-refractivity contribution in [3.05, 3.63) is 29.3 Å². The van der Waals surface area contributed by atoms with E-state index in [1.807, 2.05) is 0 Å². The molecule has 0 bridgehead atoms. The lowest BCUT2D eigenvalue weighted by molar-refractivity contribution is 0.150. The van der Waals surface area contributed by atoms with Crippen LogP contribution in [0.3, 0.4) is 0 Å². The van der Waals surface area contributed by atoms with Crippen LogP contribution in [0, 0.1) is 0 Å². The summed E-state index contributed by atoms with van der Waals surface area (Å²) in [7, 11) is -7.94. The van der Waals surface area contributed by atoms with E-state index in [1.54, 1.807) is 45.9 Å². The fourth-order valence-electron chi connectivity index (χ4n) is 2.01. The molecule has 0 saturated heterocycles. The van der Waals surface area contributed by atoms with Crippen LogP contribution in [-0.4, -0.2) is 32.0 Å². The van der Waals surface area contributed by atoms with E-state index in [2.05, 4.69) is 0 Å². The number of hydrogen-bond donors (Lipinski definition) is 0. The Hall–Kier alpha value is -0.390. The van der Waals surface area contributed by atoms with E-state index in [4.69, 9.17) is 34.4 Å². The zero-order valence-electron chi connectivity index (χ0n) is 14.8.